The third kappa shape index (κ3) is 3.27. The van der Waals surface area contributed by atoms with E-state index < -0.39 is 10.0 Å². The molecule has 2 heterocycles. The summed E-state index contributed by atoms with van der Waals surface area (Å²) in [6.07, 6.45) is 0.557. The molecule has 7 nitrogen and oxygen atoms in total. The maximum absolute atomic E-state index is 12.5. The van der Waals surface area contributed by atoms with Crippen molar-refractivity contribution in [1.82, 2.24) is 14.9 Å². The van der Waals surface area contributed by atoms with Crippen LogP contribution in [-0.2, 0) is 16.4 Å². The first-order chi connectivity index (χ1) is 11.8. The van der Waals surface area contributed by atoms with Crippen LogP contribution in [0.15, 0.2) is 27.6 Å². The van der Waals surface area contributed by atoms with Crippen molar-refractivity contribution in [2.24, 2.45) is 0 Å². The number of rotatable bonds is 6. The summed E-state index contributed by atoms with van der Waals surface area (Å²) in [5.74, 6) is 1.06. The smallest absolute Gasteiger partial charge is 0.245 e. The highest BCUT2D eigenvalue weighted by molar-refractivity contribution is 7.89. The molecule has 3 aromatic rings. The molecule has 0 bridgehead atoms. The number of aromatic amines is 1. The summed E-state index contributed by atoms with van der Waals surface area (Å²) < 4.78 is 37.8. The van der Waals surface area contributed by atoms with Crippen LogP contribution in [0.5, 0.6) is 5.75 Å². The first kappa shape index (κ1) is 17.5. The van der Waals surface area contributed by atoms with Crippen molar-refractivity contribution in [3.8, 4) is 5.75 Å². The second-order valence-electron chi connectivity index (χ2n) is 5.94. The fourth-order valence-corrected chi connectivity index (χ4v) is 4.41. The molecule has 0 aliphatic heterocycles. The standard InChI is InChI=1S/C17H21N3O4S/c1-10-14(15-9-13(23-4)5-6-16(15)19-10)7-8-18-25(21,22)17-11(2)20-24-12(17)3/h5-6,9,18-19H,7-8H2,1-4H3. The fraction of sp³-hybridized carbons (Fsp3) is 0.353. The van der Waals surface area contributed by atoms with Gasteiger partial charge in [0, 0.05) is 23.1 Å². The quantitative estimate of drug-likeness (QED) is 0.702. The lowest BCUT2D eigenvalue weighted by Gasteiger charge is -2.07. The van der Waals surface area contributed by atoms with Gasteiger partial charge in [0.05, 0.1) is 7.11 Å². The maximum atomic E-state index is 12.5. The number of ether oxygens (including phenoxy) is 1. The number of nitrogens with zero attached hydrogens (tertiary/aromatic N) is 1. The lowest BCUT2D eigenvalue weighted by Crippen LogP contribution is -2.26. The monoisotopic (exact) mass is 363 g/mol. The van der Waals surface area contributed by atoms with Crippen LogP contribution >= 0.6 is 0 Å². The van der Waals surface area contributed by atoms with Crippen molar-refractivity contribution in [3.63, 3.8) is 0 Å². The largest absolute Gasteiger partial charge is 0.497 e. The number of methoxy groups -OCH3 is 1. The Morgan fingerprint density at radius 1 is 1.28 bits per heavy atom. The maximum Gasteiger partial charge on any atom is 0.245 e. The number of hydrogen-bond acceptors (Lipinski definition) is 5. The van der Waals surface area contributed by atoms with E-state index in [1.54, 1.807) is 21.0 Å². The van der Waals surface area contributed by atoms with E-state index in [1.165, 1.54) is 0 Å². The molecule has 134 valence electrons. The second-order valence-corrected chi connectivity index (χ2v) is 7.64. The van der Waals surface area contributed by atoms with Crippen LogP contribution in [0.2, 0.25) is 0 Å². The summed E-state index contributed by atoms with van der Waals surface area (Å²) in [7, 11) is -2.03. The average Bonchev–Trinajstić information content (AvgIpc) is 3.06. The number of H-pyrrole nitrogens is 1. The van der Waals surface area contributed by atoms with Crippen LogP contribution in [-0.4, -0.2) is 32.2 Å². The van der Waals surface area contributed by atoms with Gasteiger partial charge in [-0.15, -0.1) is 0 Å². The van der Waals surface area contributed by atoms with Crippen molar-refractivity contribution in [3.05, 3.63) is 40.9 Å². The van der Waals surface area contributed by atoms with Gasteiger partial charge >= 0.3 is 0 Å². The number of sulfonamides is 1. The van der Waals surface area contributed by atoms with Gasteiger partial charge in [0.25, 0.3) is 0 Å². The molecule has 2 aromatic heterocycles. The molecule has 0 atom stereocenters. The van der Waals surface area contributed by atoms with Crippen LogP contribution in [0.4, 0.5) is 0 Å². The van der Waals surface area contributed by atoms with E-state index >= 15 is 0 Å². The van der Waals surface area contributed by atoms with E-state index in [-0.39, 0.29) is 17.2 Å². The van der Waals surface area contributed by atoms with Gasteiger partial charge in [-0.05, 0) is 51.0 Å². The summed E-state index contributed by atoms with van der Waals surface area (Å²) in [6, 6.07) is 5.80. The minimum absolute atomic E-state index is 0.116. The Morgan fingerprint density at radius 2 is 2.04 bits per heavy atom. The van der Waals surface area contributed by atoms with Gasteiger partial charge < -0.3 is 14.2 Å². The summed E-state index contributed by atoms with van der Waals surface area (Å²) in [5, 5.41) is 4.74. The highest BCUT2D eigenvalue weighted by Crippen LogP contribution is 2.27. The van der Waals surface area contributed by atoms with Crippen LogP contribution in [0.25, 0.3) is 10.9 Å². The molecular weight excluding hydrogens is 342 g/mol. The Kier molecular flexibility index (Phi) is 4.57. The molecule has 0 unspecified atom stereocenters. The second kappa shape index (κ2) is 6.53. The average molecular weight is 363 g/mol. The van der Waals surface area contributed by atoms with E-state index in [0.29, 0.717) is 12.1 Å². The van der Waals surface area contributed by atoms with Crippen LogP contribution in [0.1, 0.15) is 22.7 Å². The molecule has 0 aliphatic rings. The van der Waals surface area contributed by atoms with Gasteiger partial charge in [0.15, 0.2) is 5.76 Å². The molecule has 2 N–H and O–H groups in total. The van der Waals surface area contributed by atoms with E-state index in [2.05, 4.69) is 14.9 Å². The van der Waals surface area contributed by atoms with Crippen LogP contribution in [0.3, 0.4) is 0 Å². The van der Waals surface area contributed by atoms with E-state index in [0.717, 1.165) is 27.9 Å². The first-order valence-electron chi connectivity index (χ1n) is 7.91. The lowest BCUT2D eigenvalue weighted by molar-refractivity contribution is 0.390. The van der Waals surface area contributed by atoms with Crippen molar-refractivity contribution < 1.29 is 17.7 Å². The zero-order chi connectivity index (χ0) is 18.2. The van der Waals surface area contributed by atoms with Crippen LogP contribution in [0, 0.1) is 20.8 Å². The minimum atomic E-state index is -3.65. The zero-order valence-corrected chi connectivity index (χ0v) is 15.5. The fourth-order valence-electron chi connectivity index (χ4n) is 3.05. The molecule has 3 rings (SSSR count). The van der Waals surface area contributed by atoms with Crippen LogP contribution < -0.4 is 9.46 Å². The minimum Gasteiger partial charge on any atom is -0.497 e. The number of fused-ring (bicyclic) bond motifs is 1. The molecule has 8 heteroatoms. The van der Waals surface area contributed by atoms with Gasteiger partial charge in [-0.25, -0.2) is 13.1 Å². The Balaban J connectivity index is 1.80. The highest BCUT2D eigenvalue weighted by atomic mass is 32.2. The van der Waals surface area contributed by atoms with E-state index in [4.69, 9.17) is 9.26 Å². The molecule has 0 saturated carbocycles. The number of aromatic nitrogens is 2. The first-order valence-corrected chi connectivity index (χ1v) is 9.39. The normalized spacial score (nSPS) is 12.0. The van der Waals surface area contributed by atoms with Gasteiger partial charge in [-0.1, -0.05) is 5.16 Å². The topological polar surface area (TPSA) is 97.2 Å². The predicted molar refractivity (Wildman–Crippen MR) is 94.5 cm³/mol. The van der Waals surface area contributed by atoms with Gasteiger partial charge in [0.2, 0.25) is 10.0 Å². The molecule has 25 heavy (non-hydrogen) atoms. The molecule has 0 spiro atoms. The number of aryl methyl sites for hydroxylation is 3. The molecule has 0 radical (unpaired) electrons. The molecular formula is C17H21N3O4S. The molecule has 0 aliphatic carbocycles. The third-order valence-corrected chi connectivity index (χ3v) is 5.93. The molecule has 0 fully saturated rings. The predicted octanol–water partition coefficient (Wildman–Crippen LogP) is 2.61. The van der Waals surface area contributed by atoms with Gasteiger partial charge in [-0.3, -0.25) is 0 Å². The van der Waals surface area contributed by atoms with E-state index in [9.17, 15) is 8.42 Å². The van der Waals surface area contributed by atoms with Crippen molar-refractivity contribution in [1.29, 1.82) is 0 Å². The van der Waals surface area contributed by atoms with E-state index in [1.807, 2.05) is 25.1 Å². The Morgan fingerprint density at radius 3 is 2.68 bits per heavy atom. The summed E-state index contributed by atoms with van der Waals surface area (Å²) in [6.45, 7) is 5.45. The Bertz CT molecular complexity index is 999. The summed E-state index contributed by atoms with van der Waals surface area (Å²) >= 11 is 0. The molecule has 0 amide bonds. The zero-order valence-electron chi connectivity index (χ0n) is 14.6. The third-order valence-electron chi connectivity index (χ3n) is 4.23. The van der Waals surface area contributed by atoms with Crippen molar-refractivity contribution in [2.75, 3.05) is 13.7 Å². The summed E-state index contributed by atoms with van der Waals surface area (Å²) in [4.78, 5) is 3.43. The highest BCUT2D eigenvalue weighted by Gasteiger charge is 2.23. The Labute approximate surface area is 146 Å². The lowest BCUT2D eigenvalue weighted by atomic mass is 10.1. The Hall–Kier alpha value is -2.32. The number of nitrogens with one attached hydrogen (secondary N) is 2. The number of hydrogen-bond donors (Lipinski definition) is 2. The summed E-state index contributed by atoms with van der Waals surface area (Å²) in [5.41, 5.74) is 3.44. The van der Waals surface area contributed by atoms with Gasteiger partial charge in [-0.2, -0.15) is 0 Å². The molecule has 0 saturated heterocycles. The van der Waals surface area contributed by atoms with Crippen molar-refractivity contribution >= 4 is 20.9 Å². The van der Waals surface area contributed by atoms with Crippen molar-refractivity contribution in [2.45, 2.75) is 32.1 Å². The SMILES string of the molecule is COc1ccc2[nH]c(C)c(CCNS(=O)(=O)c3c(C)noc3C)c2c1. The molecule has 1 aromatic carbocycles. The number of benzene rings is 1. The van der Waals surface area contributed by atoms with Gasteiger partial charge in [0.1, 0.15) is 16.3 Å².